The number of aryl methyl sites for hydroxylation is 1. The van der Waals surface area contributed by atoms with Crippen molar-refractivity contribution in [3.8, 4) is 11.3 Å². The van der Waals surface area contributed by atoms with Gasteiger partial charge in [0.15, 0.2) is 11.7 Å². The predicted octanol–water partition coefficient (Wildman–Crippen LogP) is 4.20. The second-order valence-electron chi connectivity index (χ2n) is 5.84. The van der Waals surface area contributed by atoms with Gasteiger partial charge in [-0.2, -0.15) is 0 Å². The molecule has 0 atom stereocenters. The molecular formula is C20H17N3O2S. The highest BCUT2D eigenvalue weighted by molar-refractivity contribution is 7.18. The van der Waals surface area contributed by atoms with Crippen molar-refractivity contribution in [2.24, 2.45) is 0 Å². The lowest BCUT2D eigenvalue weighted by Crippen LogP contribution is -2.22. The Morgan fingerprint density at radius 2 is 1.88 bits per heavy atom. The van der Waals surface area contributed by atoms with E-state index in [1.807, 2.05) is 54.6 Å². The average molecular weight is 363 g/mol. The van der Waals surface area contributed by atoms with Crippen LogP contribution in [0.1, 0.15) is 17.3 Å². The standard InChI is InChI=1S/C20H17N3O2S/c24-18(21-13-20-23-15-8-4-5-9-17(15)26-20)10-11-19-22-12-16(25-19)14-6-2-1-3-7-14/h1-9,12H,10-11,13H2,(H,21,24). The third kappa shape index (κ3) is 3.81. The maximum absolute atomic E-state index is 12.1. The second-order valence-corrected chi connectivity index (χ2v) is 6.95. The molecule has 0 saturated heterocycles. The summed E-state index contributed by atoms with van der Waals surface area (Å²) in [4.78, 5) is 20.8. The number of carbonyl (C=O) groups is 1. The first-order valence-electron chi connectivity index (χ1n) is 8.39. The number of hydrogen-bond donors (Lipinski definition) is 1. The smallest absolute Gasteiger partial charge is 0.220 e. The Hall–Kier alpha value is -2.99. The largest absolute Gasteiger partial charge is 0.441 e. The van der Waals surface area contributed by atoms with Crippen LogP contribution in [0, 0.1) is 0 Å². The van der Waals surface area contributed by atoms with E-state index in [0.29, 0.717) is 25.3 Å². The van der Waals surface area contributed by atoms with Gasteiger partial charge in [0.05, 0.1) is 23.0 Å². The molecule has 0 saturated carbocycles. The third-order valence-corrected chi connectivity index (χ3v) is 4.99. The number of hydrogen-bond acceptors (Lipinski definition) is 5. The van der Waals surface area contributed by atoms with E-state index in [9.17, 15) is 4.79 Å². The molecule has 0 bridgehead atoms. The van der Waals surface area contributed by atoms with Gasteiger partial charge < -0.3 is 9.73 Å². The molecule has 0 spiro atoms. The Morgan fingerprint density at radius 3 is 2.73 bits per heavy atom. The number of amides is 1. The molecule has 0 fully saturated rings. The molecule has 6 heteroatoms. The summed E-state index contributed by atoms with van der Waals surface area (Å²) in [7, 11) is 0. The summed E-state index contributed by atoms with van der Waals surface area (Å²) in [6.45, 7) is 0.443. The Bertz CT molecular complexity index is 991. The fourth-order valence-corrected chi connectivity index (χ4v) is 3.55. The molecule has 2 aromatic carbocycles. The zero-order chi connectivity index (χ0) is 17.8. The molecule has 1 amide bonds. The number of aromatic nitrogens is 2. The zero-order valence-corrected chi connectivity index (χ0v) is 14.8. The summed E-state index contributed by atoms with van der Waals surface area (Å²) in [5.41, 5.74) is 1.95. The highest BCUT2D eigenvalue weighted by atomic mass is 32.1. The fourth-order valence-electron chi connectivity index (χ4n) is 2.64. The molecule has 0 unspecified atom stereocenters. The van der Waals surface area contributed by atoms with Crippen LogP contribution in [-0.4, -0.2) is 15.9 Å². The molecular weight excluding hydrogens is 346 g/mol. The minimum absolute atomic E-state index is 0.0382. The lowest BCUT2D eigenvalue weighted by molar-refractivity contribution is -0.121. The molecule has 0 aliphatic carbocycles. The highest BCUT2D eigenvalue weighted by Gasteiger charge is 2.10. The molecule has 2 aromatic heterocycles. The number of fused-ring (bicyclic) bond motifs is 1. The first kappa shape index (κ1) is 16.5. The van der Waals surface area contributed by atoms with Gasteiger partial charge in [-0.05, 0) is 12.1 Å². The SMILES string of the molecule is O=C(CCc1ncc(-c2ccccc2)o1)NCc1nc2ccccc2s1. The van der Waals surface area contributed by atoms with Gasteiger partial charge in [-0.15, -0.1) is 11.3 Å². The van der Waals surface area contributed by atoms with Gasteiger partial charge in [-0.3, -0.25) is 4.79 Å². The molecule has 4 rings (SSSR count). The molecule has 5 nitrogen and oxygen atoms in total. The number of thiazole rings is 1. The monoisotopic (exact) mass is 363 g/mol. The predicted molar refractivity (Wildman–Crippen MR) is 102 cm³/mol. The van der Waals surface area contributed by atoms with Crippen LogP contribution >= 0.6 is 11.3 Å². The van der Waals surface area contributed by atoms with Crippen molar-refractivity contribution in [1.82, 2.24) is 15.3 Å². The van der Waals surface area contributed by atoms with E-state index in [4.69, 9.17) is 4.42 Å². The molecule has 2 heterocycles. The van der Waals surface area contributed by atoms with Gasteiger partial charge in [0.25, 0.3) is 0 Å². The van der Waals surface area contributed by atoms with Crippen molar-refractivity contribution in [1.29, 1.82) is 0 Å². The van der Waals surface area contributed by atoms with Crippen LogP contribution in [0.5, 0.6) is 0 Å². The van der Waals surface area contributed by atoms with Crippen molar-refractivity contribution in [3.05, 3.63) is 71.7 Å². The van der Waals surface area contributed by atoms with E-state index >= 15 is 0 Å². The van der Waals surface area contributed by atoms with Gasteiger partial charge in [-0.25, -0.2) is 9.97 Å². The third-order valence-electron chi connectivity index (χ3n) is 3.95. The number of nitrogens with zero attached hydrogens (tertiary/aromatic N) is 2. The van der Waals surface area contributed by atoms with Crippen molar-refractivity contribution in [3.63, 3.8) is 0 Å². The van der Waals surface area contributed by atoms with E-state index in [2.05, 4.69) is 15.3 Å². The minimum Gasteiger partial charge on any atom is -0.441 e. The summed E-state index contributed by atoms with van der Waals surface area (Å²) < 4.78 is 6.85. The maximum Gasteiger partial charge on any atom is 0.220 e. The van der Waals surface area contributed by atoms with Crippen LogP contribution in [0.2, 0.25) is 0 Å². The molecule has 0 aliphatic heterocycles. The highest BCUT2D eigenvalue weighted by Crippen LogP contribution is 2.22. The molecule has 0 radical (unpaired) electrons. The molecule has 0 aliphatic rings. The van der Waals surface area contributed by atoms with Crippen LogP contribution in [-0.2, 0) is 17.8 Å². The Kier molecular flexibility index (Phi) is 4.75. The summed E-state index contributed by atoms with van der Waals surface area (Å²) in [6, 6.07) is 17.8. The quantitative estimate of drug-likeness (QED) is 0.557. The van der Waals surface area contributed by atoms with Gasteiger partial charge in [0, 0.05) is 18.4 Å². The van der Waals surface area contributed by atoms with E-state index in [0.717, 1.165) is 26.5 Å². The van der Waals surface area contributed by atoms with Crippen LogP contribution in [0.3, 0.4) is 0 Å². The number of para-hydroxylation sites is 1. The number of carbonyl (C=O) groups excluding carboxylic acids is 1. The summed E-state index contributed by atoms with van der Waals surface area (Å²) >= 11 is 1.60. The van der Waals surface area contributed by atoms with Crippen molar-refractivity contribution in [2.45, 2.75) is 19.4 Å². The van der Waals surface area contributed by atoms with Crippen molar-refractivity contribution in [2.75, 3.05) is 0 Å². The Balaban J connectivity index is 1.29. The van der Waals surface area contributed by atoms with Crippen molar-refractivity contribution >= 4 is 27.5 Å². The molecule has 1 N–H and O–H groups in total. The van der Waals surface area contributed by atoms with E-state index in [1.54, 1.807) is 17.5 Å². The topological polar surface area (TPSA) is 68.0 Å². The lowest BCUT2D eigenvalue weighted by atomic mass is 10.2. The number of benzene rings is 2. The number of oxazole rings is 1. The van der Waals surface area contributed by atoms with Gasteiger partial charge >= 0.3 is 0 Å². The average Bonchev–Trinajstić information content (AvgIpc) is 3.32. The second kappa shape index (κ2) is 7.49. The maximum atomic E-state index is 12.1. The van der Waals surface area contributed by atoms with Crippen molar-refractivity contribution < 1.29 is 9.21 Å². The van der Waals surface area contributed by atoms with E-state index < -0.39 is 0 Å². The minimum atomic E-state index is -0.0382. The number of nitrogens with one attached hydrogen (secondary N) is 1. The Morgan fingerprint density at radius 1 is 1.08 bits per heavy atom. The Labute approximate surface area is 154 Å². The normalized spacial score (nSPS) is 10.9. The van der Waals surface area contributed by atoms with E-state index in [-0.39, 0.29) is 5.91 Å². The summed E-state index contributed by atoms with van der Waals surface area (Å²) in [5, 5.41) is 3.81. The first-order valence-corrected chi connectivity index (χ1v) is 9.21. The molecule has 130 valence electrons. The first-order chi connectivity index (χ1) is 12.8. The van der Waals surface area contributed by atoms with Crippen LogP contribution in [0.4, 0.5) is 0 Å². The fraction of sp³-hybridized carbons (Fsp3) is 0.150. The number of rotatable bonds is 6. The zero-order valence-electron chi connectivity index (χ0n) is 14.0. The summed E-state index contributed by atoms with van der Waals surface area (Å²) in [5.74, 6) is 1.25. The molecule has 4 aromatic rings. The van der Waals surface area contributed by atoms with E-state index in [1.165, 1.54) is 0 Å². The van der Waals surface area contributed by atoms with Gasteiger partial charge in [0.1, 0.15) is 5.01 Å². The molecule has 26 heavy (non-hydrogen) atoms. The van der Waals surface area contributed by atoms with Crippen LogP contribution in [0.15, 0.2) is 65.2 Å². The summed E-state index contributed by atoms with van der Waals surface area (Å²) in [6.07, 6.45) is 2.50. The lowest BCUT2D eigenvalue weighted by Gasteiger charge is -2.01. The van der Waals surface area contributed by atoms with Crippen LogP contribution in [0.25, 0.3) is 21.5 Å². The van der Waals surface area contributed by atoms with Gasteiger partial charge in [-0.1, -0.05) is 42.5 Å². The van der Waals surface area contributed by atoms with Crippen LogP contribution < -0.4 is 5.32 Å². The van der Waals surface area contributed by atoms with Gasteiger partial charge in [0.2, 0.25) is 5.91 Å².